The summed E-state index contributed by atoms with van der Waals surface area (Å²) in [6.45, 7) is 8.21. The second kappa shape index (κ2) is 5.52. The first kappa shape index (κ1) is 15.8. The molecule has 0 bridgehead atoms. The zero-order chi connectivity index (χ0) is 16.7. The number of hydrogen-bond acceptors (Lipinski definition) is 3. The Labute approximate surface area is 138 Å². The number of nitrogens with zero attached hydrogens (tertiary/aromatic N) is 1. The van der Waals surface area contributed by atoms with Crippen LogP contribution in [0.15, 0.2) is 48.5 Å². The molecule has 0 atom stereocenters. The van der Waals surface area contributed by atoms with Crippen molar-refractivity contribution in [1.82, 2.24) is 0 Å². The van der Waals surface area contributed by atoms with Gasteiger partial charge in [-0.1, -0.05) is 36.4 Å². The summed E-state index contributed by atoms with van der Waals surface area (Å²) < 4.78 is 12.4. The van der Waals surface area contributed by atoms with Crippen molar-refractivity contribution in [3.8, 4) is 17.2 Å². The molecule has 0 amide bonds. The monoisotopic (exact) mass is 305 g/mol. The molecule has 4 heteroatoms. The number of benzene rings is 2. The van der Waals surface area contributed by atoms with Crippen molar-refractivity contribution in [3.63, 3.8) is 0 Å². The number of hydrogen-bond donors (Lipinski definition) is 0. The Hall–Kier alpha value is -2.09. The van der Waals surface area contributed by atoms with Crippen molar-refractivity contribution in [2.75, 3.05) is 0 Å². The lowest BCUT2D eigenvalue weighted by atomic mass is 9.74. The molecule has 0 spiro atoms. The van der Waals surface area contributed by atoms with Gasteiger partial charge >= 0.3 is 7.12 Å². The lowest BCUT2D eigenvalue weighted by molar-refractivity contribution is 0.00578. The first-order valence-corrected chi connectivity index (χ1v) is 7.79. The molecule has 0 unspecified atom stereocenters. The van der Waals surface area contributed by atoms with Crippen LogP contribution in [0.25, 0.3) is 11.1 Å². The van der Waals surface area contributed by atoms with Gasteiger partial charge in [0, 0.05) is 0 Å². The molecule has 1 fully saturated rings. The maximum atomic E-state index is 8.95. The van der Waals surface area contributed by atoms with E-state index in [1.807, 2.05) is 42.5 Å². The lowest BCUT2D eigenvalue weighted by Gasteiger charge is -2.32. The van der Waals surface area contributed by atoms with Crippen LogP contribution in [0.5, 0.6) is 0 Å². The van der Waals surface area contributed by atoms with E-state index in [2.05, 4.69) is 39.8 Å². The molecule has 116 valence electrons. The molecule has 0 N–H and O–H groups in total. The zero-order valence-corrected chi connectivity index (χ0v) is 14.0. The van der Waals surface area contributed by atoms with E-state index >= 15 is 0 Å². The van der Waals surface area contributed by atoms with Gasteiger partial charge in [0.25, 0.3) is 0 Å². The molecular weight excluding hydrogens is 285 g/mol. The average molecular weight is 305 g/mol. The topological polar surface area (TPSA) is 42.2 Å². The highest BCUT2D eigenvalue weighted by molar-refractivity contribution is 6.63. The van der Waals surface area contributed by atoms with Gasteiger partial charge in [0.15, 0.2) is 0 Å². The predicted molar refractivity (Wildman–Crippen MR) is 92.3 cm³/mol. The molecule has 2 aromatic rings. The van der Waals surface area contributed by atoms with E-state index in [0.717, 1.165) is 16.6 Å². The summed E-state index contributed by atoms with van der Waals surface area (Å²) in [4.78, 5) is 0. The van der Waals surface area contributed by atoms with Gasteiger partial charge in [0.1, 0.15) is 0 Å². The summed E-state index contributed by atoms with van der Waals surface area (Å²) in [5.74, 6) is 0. The summed E-state index contributed by atoms with van der Waals surface area (Å²) >= 11 is 0. The van der Waals surface area contributed by atoms with Gasteiger partial charge in [-0.25, -0.2) is 0 Å². The fraction of sp³-hybridized carbons (Fsp3) is 0.316. The summed E-state index contributed by atoms with van der Waals surface area (Å²) in [5, 5.41) is 8.95. The van der Waals surface area contributed by atoms with E-state index in [0.29, 0.717) is 5.56 Å². The fourth-order valence-electron chi connectivity index (χ4n) is 2.66. The first-order valence-electron chi connectivity index (χ1n) is 7.79. The first-order chi connectivity index (χ1) is 10.8. The Morgan fingerprint density at radius 2 is 1.43 bits per heavy atom. The highest BCUT2D eigenvalue weighted by Crippen LogP contribution is 2.37. The van der Waals surface area contributed by atoms with Crippen molar-refractivity contribution in [1.29, 1.82) is 5.26 Å². The molecule has 3 nitrogen and oxygen atoms in total. The lowest BCUT2D eigenvalue weighted by Crippen LogP contribution is -2.41. The predicted octanol–water partition coefficient (Wildman–Crippen LogP) is 3.52. The van der Waals surface area contributed by atoms with Crippen LogP contribution in [0.3, 0.4) is 0 Å². The quantitative estimate of drug-likeness (QED) is 0.797. The smallest absolute Gasteiger partial charge is 0.399 e. The molecule has 0 radical (unpaired) electrons. The minimum Gasteiger partial charge on any atom is -0.399 e. The zero-order valence-electron chi connectivity index (χ0n) is 14.0. The maximum absolute atomic E-state index is 8.95. The van der Waals surface area contributed by atoms with Gasteiger partial charge in [-0.2, -0.15) is 5.26 Å². The highest BCUT2D eigenvalue weighted by Gasteiger charge is 2.52. The third kappa shape index (κ3) is 2.78. The van der Waals surface area contributed by atoms with E-state index in [1.165, 1.54) is 0 Å². The minimum absolute atomic E-state index is 0.366. The van der Waals surface area contributed by atoms with Gasteiger partial charge in [0.2, 0.25) is 0 Å². The van der Waals surface area contributed by atoms with Crippen LogP contribution >= 0.6 is 0 Å². The van der Waals surface area contributed by atoms with E-state index in [1.54, 1.807) is 0 Å². The Morgan fingerprint density at radius 3 is 2.00 bits per heavy atom. The van der Waals surface area contributed by atoms with Gasteiger partial charge in [0.05, 0.1) is 22.8 Å². The van der Waals surface area contributed by atoms with Crippen molar-refractivity contribution in [2.45, 2.75) is 38.9 Å². The van der Waals surface area contributed by atoms with Crippen LogP contribution < -0.4 is 5.46 Å². The third-order valence-electron chi connectivity index (χ3n) is 4.79. The number of nitriles is 1. The Balaban J connectivity index is 2.01. The molecule has 3 rings (SSSR count). The van der Waals surface area contributed by atoms with E-state index < -0.39 is 7.12 Å². The van der Waals surface area contributed by atoms with Gasteiger partial charge in [-0.15, -0.1) is 0 Å². The summed E-state index contributed by atoms with van der Waals surface area (Å²) in [7, 11) is -0.396. The van der Waals surface area contributed by atoms with Crippen LogP contribution in [0.1, 0.15) is 33.3 Å². The molecule has 0 saturated carbocycles. The van der Waals surface area contributed by atoms with Crippen LogP contribution in [0, 0.1) is 11.3 Å². The van der Waals surface area contributed by atoms with E-state index in [9.17, 15) is 0 Å². The largest absolute Gasteiger partial charge is 0.495 e. The molecule has 2 aromatic carbocycles. The normalized spacial score (nSPS) is 18.7. The summed E-state index contributed by atoms with van der Waals surface area (Å²) in [6, 6.07) is 17.8. The van der Waals surface area contributed by atoms with E-state index in [-0.39, 0.29) is 11.2 Å². The molecular formula is C19H20BNO2. The van der Waals surface area contributed by atoms with E-state index in [4.69, 9.17) is 14.6 Å². The Bertz CT molecular complexity index is 744. The van der Waals surface area contributed by atoms with Crippen LogP contribution in [-0.4, -0.2) is 18.3 Å². The van der Waals surface area contributed by atoms with Crippen LogP contribution in [0.4, 0.5) is 0 Å². The Morgan fingerprint density at radius 1 is 0.870 bits per heavy atom. The molecule has 23 heavy (non-hydrogen) atoms. The molecule has 0 aromatic heterocycles. The SMILES string of the molecule is CC1(C)OB(c2ccccc2-c2ccc(C#N)cc2)OC1(C)C. The van der Waals surface area contributed by atoms with Crippen molar-refractivity contribution in [3.05, 3.63) is 54.1 Å². The highest BCUT2D eigenvalue weighted by atomic mass is 16.7. The second-order valence-corrected chi connectivity index (χ2v) is 6.86. The standard InChI is InChI=1S/C19H20BNO2/c1-18(2)19(3,4)23-20(22-18)17-8-6-5-7-16(17)15-11-9-14(13-21)10-12-15/h5-12H,1-4H3. The molecule has 1 aliphatic rings. The van der Waals surface area contributed by atoms with Crippen molar-refractivity contribution in [2.24, 2.45) is 0 Å². The fourth-order valence-corrected chi connectivity index (χ4v) is 2.66. The minimum atomic E-state index is -0.396. The van der Waals surface area contributed by atoms with Gasteiger partial charge in [-0.3, -0.25) is 0 Å². The van der Waals surface area contributed by atoms with Crippen LogP contribution in [-0.2, 0) is 9.31 Å². The molecule has 1 aliphatic heterocycles. The summed E-state index contributed by atoms with van der Waals surface area (Å²) in [6.07, 6.45) is 0. The van der Waals surface area contributed by atoms with Gasteiger partial charge < -0.3 is 9.31 Å². The third-order valence-corrected chi connectivity index (χ3v) is 4.79. The average Bonchev–Trinajstić information content (AvgIpc) is 2.75. The van der Waals surface area contributed by atoms with Crippen molar-refractivity contribution >= 4 is 12.6 Å². The maximum Gasteiger partial charge on any atom is 0.495 e. The van der Waals surface area contributed by atoms with Crippen molar-refractivity contribution < 1.29 is 9.31 Å². The molecule has 1 saturated heterocycles. The molecule has 1 heterocycles. The summed E-state index contributed by atoms with van der Waals surface area (Å²) in [5.41, 5.74) is 3.05. The van der Waals surface area contributed by atoms with Crippen LogP contribution in [0.2, 0.25) is 0 Å². The van der Waals surface area contributed by atoms with Gasteiger partial charge in [-0.05, 0) is 56.4 Å². The molecule has 0 aliphatic carbocycles. The Kier molecular flexibility index (Phi) is 3.79. The number of rotatable bonds is 2. The second-order valence-electron chi connectivity index (χ2n) is 6.86.